The number of alkyl halides is 3. The molecule has 0 bridgehead atoms. The second-order valence-corrected chi connectivity index (χ2v) is 6.19. The van der Waals surface area contributed by atoms with Gasteiger partial charge in [0.2, 0.25) is 11.8 Å². The molecule has 0 saturated carbocycles. The molecular weight excluding hydrogens is 386 g/mol. The Kier molecular flexibility index (Phi) is 5.45. The lowest BCUT2D eigenvalue weighted by Crippen LogP contribution is -2.18. The number of rotatable bonds is 5. The van der Waals surface area contributed by atoms with E-state index in [0.717, 1.165) is 17.8 Å². The number of aromatic nitrogens is 2. The van der Waals surface area contributed by atoms with Crippen molar-refractivity contribution in [3.8, 4) is 11.5 Å². The molecule has 5 nitrogen and oxygen atoms in total. The number of amides is 1. The van der Waals surface area contributed by atoms with Crippen LogP contribution in [0.25, 0.3) is 11.5 Å². The highest BCUT2D eigenvalue weighted by atomic mass is 32.2. The monoisotopic (exact) mass is 397 g/mol. The van der Waals surface area contributed by atoms with Crippen LogP contribution in [0.5, 0.6) is 0 Å². The van der Waals surface area contributed by atoms with Gasteiger partial charge in [0.15, 0.2) is 0 Å². The number of nitrogens with zero attached hydrogens (tertiary/aromatic N) is 2. The van der Waals surface area contributed by atoms with Gasteiger partial charge >= 0.3 is 6.18 Å². The second kappa shape index (κ2) is 7.78. The summed E-state index contributed by atoms with van der Waals surface area (Å²) in [6.45, 7) is 0. The molecule has 0 aliphatic heterocycles. The predicted octanol–water partition coefficient (Wildman–Crippen LogP) is 4.63. The lowest BCUT2D eigenvalue weighted by molar-refractivity contribution is -0.137. The molecule has 3 rings (SSSR count). The van der Waals surface area contributed by atoms with Crippen LogP contribution in [0.4, 0.5) is 23.2 Å². The molecule has 1 aromatic heterocycles. The largest absolute Gasteiger partial charge is 0.418 e. The maximum Gasteiger partial charge on any atom is 0.418 e. The van der Waals surface area contributed by atoms with Crippen molar-refractivity contribution in [2.75, 3.05) is 11.1 Å². The number of hydrogen-bond acceptors (Lipinski definition) is 5. The first-order valence-corrected chi connectivity index (χ1v) is 8.50. The van der Waals surface area contributed by atoms with Crippen molar-refractivity contribution in [1.29, 1.82) is 0 Å². The zero-order chi connectivity index (χ0) is 19.4. The van der Waals surface area contributed by atoms with Crippen molar-refractivity contribution in [2.45, 2.75) is 11.4 Å². The molecule has 1 N–H and O–H groups in total. The Labute approximate surface area is 154 Å². The Morgan fingerprint density at radius 2 is 1.89 bits per heavy atom. The van der Waals surface area contributed by atoms with E-state index >= 15 is 0 Å². The summed E-state index contributed by atoms with van der Waals surface area (Å²) >= 11 is 0.854. The molecule has 0 unspecified atom stereocenters. The van der Waals surface area contributed by atoms with Gasteiger partial charge < -0.3 is 9.73 Å². The Balaban J connectivity index is 1.62. The average Bonchev–Trinajstić information content (AvgIpc) is 3.09. The van der Waals surface area contributed by atoms with Gasteiger partial charge in [0, 0.05) is 5.56 Å². The third kappa shape index (κ3) is 4.85. The van der Waals surface area contributed by atoms with Crippen LogP contribution in [-0.2, 0) is 11.0 Å². The Hall–Kier alpha value is -2.88. The minimum atomic E-state index is -4.58. The molecule has 1 heterocycles. The number of carbonyl (C=O) groups excluding carboxylic acids is 1. The number of nitrogens with one attached hydrogen (secondary N) is 1. The van der Waals surface area contributed by atoms with Crippen molar-refractivity contribution in [3.05, 3.63) is 59.9 Å². The van der Waals surface area contributed by atoms with Crippen molar-refractivity contribution in [3.63, 3.8) is 0 Å². The Morgan fingerprint density at radius 3 is 2.63 bits per heavy atom. The quantitative estimate of drug-likeness (QED) is 0.502. The molecule has 10 heteroatoms. The van der Waals surface area contributed by atoms with Crippen LogP contribution < -0.4 is 5.32 Å². The van der Waals surface area contributed by atoms with E-state index in [4.69, 9.17) is 4.42 Å². The highest BCUT2D eigenvalue weighted by Gasteiger charge is 2.33. The van der Waals surface area contributed by atoms with Crippen LogP contribution in [-0.4, -0.2) is 21.9 Å². The minimum Gasteiger partial charge on any atom is -0.411 e. The molecule has 0 fully saturated rings. The standard InChI is InChI=1S/C17H11F4N3O2S/c18-11-5-3-4-10(8-11)15-23-24-16(26-15)27-9-14(25)22-13-7-2-1-6-12(13)17(19,20)21/h1-8H,9H2,(H,22,25). The molecule has 0 aliphatic rings. The zero-order valence-electron chi connectivity index (χ0n) is 13.5. The number of anilines is 1. The van der Waals surface area contributed by atoms with Crippen molar-refractivity contribution < 1.29 is 26.8 Å². The molecular formula is C17H11F4N3O2S. The highest BCUT2D eigenvalue weighted by molar-refractivity contribution is 7.99. The fourth-order valence-corrected chi connectivity index (χ4v) is 2.72. The lowest BCUT2D eigenvalue weighted by atomic mass is 10.1. The summed E-state index contributed by atoms with van der Waals surface area (Å²) < 4.78 is 57.3. The molecule has 27 heavy (non-hydrogen) atoms. The summed E-state index contributed by atoms with van der Waals surface area (Å²) in [7, 11) is 0. The van der Waals surface area contributed by atoms with Crippen molar-refractivity contribution in [2.24, 2.45) is 0 Å². The summed E-state index contributed by atoms with van der Waals surface area (Å²) in [5.74, 6) is -1.30. The Bertz CT molecular complexity index is 959. The van der Waals surface area contributed by atoms with Gasteiger partial charge in [-0.25, -0.2) is 4.39 Å². The zero-order valence-corrected chi connectivity index (χ0v) is 14.3. The normalized spacial score (nSPS) is 11.4. The van der Waals surface area contributed by atoms with Gasteiger partial charge in [0.25, 0.3) is 5.22 Å². The van der Waals surface area contributed by atoms with Crippen LogP contribution in [0.15, 0.2) is 58.2 Å². The number of carbonyl (C=O) groups is 1. The SMILES string of the molecule is O=C(CSc1nnc(-c2cccc(F)c2)o1)Nc1ccccc1C(F)(F)F. The molecule has 140 valence electrons. The van der Waals surface area contributed by atoms with Crippen LogP contribution in [0.1, 0.15) is 5.56 Å². The number of halogens is 4. The van der Waals surface area contributed by atoms with Gasteiger partial charge in [0.1, 0.15) is 5.82 Å². The molecule has 1 amide bonds. The number of para-hydroxylation sites is 1. The summed E-state index contributed by atoms with van der Waals surface area (Å²) in [5.41, 5.74) is -0.894. The van der Waals surface area contributed by atoms with E-state index in [1.54, 1.807) is 6.07 Å². The molecule has 2 aromatic carbocycles. The number of thioether (sulfide) groups is 1. The van der Waals surface area contributed by atoms with Crippen LogP contribution >= 0.6 is 11.8 Å². The maximum absolute atomic E-state index is 13.2. The minimum absolute atomic E-state index is 0.0357. The van der Waals surface area contributed by atoms with E-state index in [2.05, 4.69) is 15.5 Å². The maximum atomic E-state index is 13.2. The third-order valence-corrected chi connectivity index (χ3v) is 4.13. The van der Waals surface area contributed by atoms with E-state index in [9.17, 15) is 22.4 Å². The van der Waals surface area contributed by atoms with Crippen molar-refractivity contribution in [1.82, 2.24) is 10.2 Å². The number of benzene rings is 2. The van der Waals surface area contributed by atoms with Crippen LogP contribution in [0.3, 0.4) is 0 Å². The first-order valence-electron chi connectivity index (χ1n) is 7.51. The summed E-state index contributed by atoms with van der Waals surface area (Å²) in [6, 6.07) is 10.2. The molecule has 0 atom stereocenters. The van der Waals surface area contributed by atoms with Gasteiger partial charge in [-0.05, 0) is 30.3 Å². The van der Waals surface area contributed by atoms with Crippen LogP contribution in [0, 0.1) is 5.82 Å². The summed E-state index contributed by atoms with van der Waals surface area (Å²) in [6.07, 6.45) is -4.58. The van der Waals surface area contributed by atoms with Gasteiger partial charge in [-0.2, -0.15) is 13.2 Å². The second-order valence-electron chi connectivity index (χ2n) is 5.26. The van der Waals surface area contributed by atoms with Gasteiger partial charge in [-0.3, -0.25) is 4.79 Å². The summed E-state index contributed by atoms with van der Waals surface area (Å²) in [4.78, 5) is 11.9. The average molecular weight is 397 g/mol. The van der Waals surface area contributed by atoms with Gasteiger partial charge in [0.05, 0.1) is 17.0 Å². The summed E-state index contributed by atoms with van der Waals surface area (Å²) in [5, 5.41) is 9.72. The topological polar surface area (TPSA) is 68.0 Å². The van der Waals surface area contributed by atoms with Crippen LogP contribution in [0.2, 0.25) is 0 Å². The molecule has 0 spiro atoms. The molecule has 0 radical (unpaired) electrons. The fraction of sp³-hybridized carbons (Fsp3) is 0.118. The third-order valence-electron chi connectivity index (χ3n) is 3.31. The molecule has 0 saturated heterocycles. The first-order chi connectivity index (χ1) is 12.8. The van der Waals surface area contributed by atoms with E-state index in [-0.39, 0.29) is 22.6 Å². The lowest BCUT2D eigenvalue weighted by Gasteiger charge is -2.13. The first kappa shape index (κ1) is 18.9. The van der Waals surface area contributed by atoms with E-state index in [1.807, 2.05) is 0 Å². The van der Waals surface area contributed by atoms with Gasteiger partial charge in [-0.15, -0.1) is 10.2 Å². The highest BCUT2D eigenvalue weighted by Crippen LogP contribution is 2.34. The van der Waals surface area contributed by atoms with Gasteiger partial charge in [-0.1, -0.05) is 30.0 Å². The number of hydrogen-bond donors (Lipinski definition) is 1. The van der Waals surface area contributed by atoms with Crippen molar-refractivity contribution >= 4 is 23.4 Å². The fourth-order valence-electron chi connectivity index (χ4n) is 2.16. The molecule has 3 aromatic rings. The molecule has 0 aliphatic carbocycles. The Morgan fingerprint density at radius 1 is 1.11 bits per heavy atom. The smallest absolute Gasteiger partial charge is 0.411 e. The van der Waals surface area contributed by atoms with E-state index in [0.29, 0.717) is 5.56 Å². The van der Waals surface area contributed by atoms with E-state index in [1.165, 1.54) is 36.4 Å². The predicted molar refractivity (Wildman–Crippen MR) is 90.5 cm³/mol. The van der Waals surface area contributed by atoms with E-state index < -0.39 is 23.5 Å².